The van der Waals surface area contributed by atoms with Crippen molar-refractivity contribution in [2.45, 2.75) is 37.9 Å². The van der Waals surface area contributed by atoms with Crippen molar-refractivity contribution in [1.82, 2.24) is 15.1 Å². The number of hydrogen-bond donors (Lipinski definition) is 3. The van der Waals surface area contributed by atoms with Crippen molar-refractivity contribution in [2.24, 2.45) is 0 Å². The number of hydrogen-bond acceptors (Lipinski definition) is 4. The molecule has 0 radical (unpaired) electrons. The molecule has 0 bridgehead atoms. The number of fused-ring (bicyclic) bond motifs is 1. The number of benzene rings is 2. The van der Waals surface area contributed by atoms with Crippen LogP contribution in [0.5, 0.6) is 0 Å². The van der Waals surface area contributed by atoms with Gasteiger partial charge in [-0.25, -0.2) is 9.48 Å². The van der Waals surface area contributed by atoms with E-state index in [0.29, 0.717) is 16.9 Å². The molecule has 0 saturated carbocycles. The Morgan fingerprint density at radius 2 is 1.77 bits per heavy atom. The maximum Gasteiger partial charge on any atom is 0.330 e. The molecule has 7 nitrogen and oxygen atoms in total. The molecule has 7 heteroatoms. The van der Waals surface area contributed by atoms with Crippen LogP contribution in [-0.2, 0) is 10.3 Å². The number of anilines is 1. The van der Waals surface area contributed by atoms with Crippen molar-refractivity contribution in [3.8, 4) is 0 Å². The Balaban J connectivity index is 1.65. The van der Waals surface area contributed by atoms with Gasteiger partial charge in [0.05, 0.1) is 17.8 Å². The third-order valence-corrected chi connectivity index (χ3v) is 5.46. The maximum absolute atomic E-state index is 13.1. The van der Waals surface area contributed by atoms with Gasteiger partial charge in [0, 0.05) is 0 Å². The van der Waals surface area contributed by atoms with E-state index < -0.39 is 17.9 Å². The molecule has 2 heterocycles. The van der Waals surface area contributed by atoms with Crippen LogP contribution in [0.1, 0.15) is 53.8 Å². The molecule has 0 spiro atoms. The lowest BCUT2D eigenvalue weighted by molar-refractivity contribution is -0.139. The Bertz CT molecular complexity index is 1060. The summed E-state index contributed by atoms with van der Waals surface area (Å²) in [4.78, 5) is 24.8. The van der Waals surface area contributed by atoms with Crippen molar-refractivity contribution < 1.29 is 14.7 Å². The third kappa shape index (κ3) is 3.66. The zero-order valence-electron chi connectivity index (χ0n) is 16.9. The molecule has 30 heavy (non-hydrogen) atoms. The number of nitrogens with zero attached hydrogens (tertiary/aromatic N) is 2. The fourth-order valence-corrected chi connectivity index (χ4v) is 3.94. The first kappa shape index (κ1) is 19.7. The van der Waals surface area contributed by atoms with E-state index in [4.69, 9.17) is 0 Å². The molecule has 0 fully saturated rings. The van der Waals surface area contributed by atoms with E-state index in [9.17, 15) is 14.7 Å². The Kier molecular flexibility index (Phi) is 5.03. The molecule has 0 aliphatic carbocycles. The van der Waals surface area contributed by atoms with E-state index in [1.807, 2.05) is 18.2 Å². The molecule has 2 aromatic carbocycles. The average molecular weight is 404 g/mol. The predicted octanol–water partition coefficient (Wildman–Crippen LogP) is 3.73. The van der Waals surface area contributed by atoms with E-state index in [-0.39, 0.29) is 11.6 Å². The average Bonchev–Trinajstić information content (AvgIpc) is 3.18. The summed E-state index contributed by atoms with van der Waals surface area (Å²) >= 11 is 0. The second kappa shape index (κ2) is 7.67. The van der Waals surface area contributed by atoms with Crippen LogP contribution in [0.3, 0.4) is 0 Å². The first-order valence-electron chi connectivity index (χ1n) is 9.85. The van der Waals surface area contributed by atoms with E-state index >= 15 is 0 Å². The van der Waals surface area contributed by atoms with Gasteiger partial charge >= 0.3 is 5.97 Å². The van der Waals surface area contributed by atoms with Crippen molar-refractivity contribution >= 4 is 17.7 Å². The van der Waals surface area contributed by atoms with Crippen LogP contribution < -0.4 is 10.6 Å². The van der Waals surface area contributed by atoms with Gasteiger partial charge in [-0.1, -0.05) is 60.7 Å². The van der Waals surface area contributed by atoms with E-state index in [0.717, 1.165) is 12.0 Å². The summed E-state index contributed by atoms with van der Waals surface area (Å²) < 4.78 is 1.81. The summed E-state index contributed by atoms with van der Waals surface area (Å²) in [6.45, 7) is 4.15. The molecule has 3 N–H and O–H groups in total. The lowest BCUT2D eigenvalue weighted by Crippen LogP contribution is -2.39. The second-order valence-electron chi connectivity index (χ2n) is 8.10. The molecule has 1 aliphatic heterocycles. The number of amides is 1. The van der Waals surface area contributed by atoms with Gasteiger partial charge in [-0.15, -0.1) is 0 Å². The fraction of sp³-hybridized carbons (Fsp3) is 0.261. The number of aromatic nitrogens is 2. The van der Waals surface area contributed by atoms with Crippen LogP contribution in [0.15, 0.2) is 66.9 Å². The van der Waals surface area contributed by atoms with Gasteiger partial charge in [-0.2, -0.15) is 5.10 Å². The minimum Gasteiger partial charge on any atom is -0.479 e. The quantitative estimate of drug-likeness (QED) is 0.602. The van der Waals surface area contributed by atoms with Gasteiger partial charge in [0.15, 0.2) is 6.04 Å². The van der Waals surface area contributed by atoms with Gasteiger partial charge in [-0.3, -0.25) is 4.79 Å². The lowest BCUT2D eigenvalue weighted by Gasteiger charge is -2.38. The molecule has 2 atom stereocenters. The Labute approximate surface area is 174 Å². The zero-order chi connectivity index (χ0) is 21.3. The Morgan fingerprint density at radius 1 is 1.13 bits per heavy atom. The topological polar surface area (TPSA) is 96.2 Å². The van der Waals surface area contributed by atoms with Crippen LogP contribution in [0.2, 0.25) is 0 Å². The number of rotatable bonds is 5. The second-order valence-corrected chi connectivity index (χ2v) is 8.10. The predicted molar refractivity (Wildman–Crippen MR) is 113 cm³/mol. The van der Waals surface area contributed by atoms with E-state index in [1.54, 1.807) is 35.0 Å². The van der Waals surface area contributed by atoms with Gasteiger partial charge in [-0.05, 0) is 31.4 Å². The summed E-state index contributed by atoms with van der Waals surface area (Å²) in [5.74, 6) is -1.01. The van der Waals surface area contributed by atoms with Gasteiger partial charge in [0.25, 0.3) is 5.91 Å². The van der Waals surface area contributed by atoms with Crippen molar-refractivity contribution in [3.05, 3.63) is 83.6 Å². The summed E-state index contributed by atoms with van der Waals surface area (Å²) in [5, 5.41) is 20.1. The van der Waals surface area contributed by atoms with Gasteiger partial charge < -0.3 is 15.7 Å². The fourth-order valence-electron chi connectivity index (χ4n) is 3.94. The first-order valence-corrected chi connectivity index (χ1v) is 9.85. The van der Waals surface area contributed by atoms with Crippen LogP contribution in [0.25, 0.3) is 0 Å². The SMILES string of the molecule is CC1(C)CC(c2ccccc2)Nc2c(C(=O)N[C@H](C(=O)O)c3ccccc3)cnn21. The number of carbonyl (C=O) groups is 2. The summed E-state index contributed by atoms with van der Waals surface area (Å²) in [6.07, 6.45) is 2.30. The highest BCUT2D eigenvalue weighted by atomic mass is 16.4. The minimum atomic E-state index is -1.14. The molecular weight excluding hydrogens is 380 g/mol. The monoisotopic (exact) mass is 404 g/mol. The molecule has 154 valence electrons. The van der Waals surface area contributed by atoms with Crippen LogP contribution in [-0.4, -0.2) is 26.8 Å². The van der Waals surface area contributed by atoms with Crippen LogP contribution in [0.4, 0.5) is 5.82 Å². The lowest BCUT2D eigenvalue weighted by atomic mass is 9.89. The molecule has 1 aliphatic rings. The third-order valence-electron chi connectivity index (χ3n) is 5.46. The normalized spacial score (nSPS) is 18.0. The molecular formula is C23H24N4O3. The molecule has 4 rings (SSSR count). The van der Waals surface area contributed by atoms with Crippen LogP contribution >= 0.6 is 0 Å². The van der Waals surface area contributed by atoms with Gasteiger partial charge in [0.2, 0.25) is 0 Å². The molecule has 1 amide bonds. The molecule has 0 saturated heterocycles. The zero-order valence-corrected chi connectivity index (χ0v) is 16.9. The smallest absolute Gasteiger partial charge is 0.330 e. The Hall–Kier alpha value is -3.61. The van der Waals surface area contributed by atoms with Crippen molar-refractivity contribution in [2.75, 3.05) is 5.32 Å². The van der Waals surface area contributed by atoms with Gasteiger partial charge in [0.1, 0.15) is 11.4 Å². The number of nitrogens with one attached hydrogen (secondary N) is 2. The summed E-state index contributed by atoms with van der Waals surface area (Å²) in [6, 6.07) is 17.6. The van der Waals surface area contributed by atoms with E-state index in [2.05, 4.69) is 41.7 Å². The van der Waals surface area contributed by atoms with E-state index in [1.165, 1.54) is 6.20 Å². The number of carbonyl (C=O) groups excluding carboxylic acids is 1. The number of carboxylic acid groups (broad SMARTS) is 1. The van der Waals surface area contributed by atoms with Crippen molar-refractivity contribution in [3.63, 3.8) is 0 Å². The molecule has 1 unspecified atom stereocenters. The largest absolute Gasteiger partial charge is 0.479 e. The highest BCUT2D eigenvalue weighted by Gasteiger charge is 2.37. The standard InChI is InChI=1S/C23H24N4O3/c1-23(2)13-18(15-9-5-3-6-10-15)25-20-17(14-24-27(20)23)21(28)26-19(22(29)30)16-11-7-4-8-12-16/h3-12,14,18-19,25H,13H2,1-2H3,(H,26,28)(H,29,30)/t18?,19-/m0/s1. The number of carboxylic acids is 1. The summed E-state index contributed by atoms with van der Waals surface area (Å²) in [5.41, 5.74) is 1.64. The summed E-state index contributed by atoms with van der Waals surface area (Å²) in [7, 11) is 0. The molecule has 3 aromatic rings. The highest BCUT2D eigenvalue weighted by molar-refractivity contribution is 6.00. The van der Waals surface area contributed by atoms with Crippen LogP contribution in [0, 0.1) is 0 Å². The van der Waals surface area contributed by atoms with Crippen molar-refractivity contribution in [1.29, 1.82) is 0 Å². The minimum absolute atomic E-state index is 0.0151. The first-order chi connectivity index (χ1) is 14.4. The highest BCUT2D eigenvalue weighted by Crippen LogP contribution is 2.39. The maximum atomic E-state index is 13.1. The Morgan fingerprint density at radius 3 is 2.40 bits per heavy atom. The number of aliphatic carboxylic acids is 1. The molecule has 1 aromatic heterocycles.